The van der Waals surface area contributed by atoms with Gasteiger partial charge in [-0.25, -0.2) is 4.98 Å². The molecule has 1 aliphatic rings. The molecule has 0 saturated carbocycles. The third-order valence-corrected chi connectivity index (χ3v) is 3.25. The molecule has 2 N–H and O–H groups in total. The summed E-state index contributed by atoms with van der Waals surface area (Å²) >= 11 is 0. The van der Waals surface area contributed by atoms with Crippen LogP contribution in [0.4, 0.5) is 0 Å². The van der Waals surface area contributed by atoms with E-state index in [1.165, 1.54) is 17.3 Å². The zero-order valence-corrected chi connectivity index (χ0v) is 9.18. The fraction of sp³-hybridized carbons (Fsp3) is 0.231. The van der Waals surface area contributed by atoms with E-state index in [1.54, 1.807) is 0 Å². The Morgan fingerprint density at radius 2 is 2.24 bits per heavy atom. The molecule has 0 amide bonds. The van der Waals surface area contributed by atoms with E-state index in [1.807, 2.05) is 12.1 Å². The maximum absolute atomic E-state index is 11.6. The molecule has 0 saturated heterocycles. The molecule has 1 unspecified atom stereocenters. The maximum atomic E-state index is 11.6. The highest BCUT2D eigenvalue weighted by Gasteiger charge is 2.28. The Morgan fingerprint density at radius 1 is 1.41 bits per heavy atom. The summed E-state index contributed by atoms with van der Waals surface area (Å²) in [6.45, 7) is -0.274. The van der Waals surface area contributed by atoms with Gasteiger partial charge in [0.2, 0.25) is 0 Å². The van der Waals surface area contributed by atoms with E-state index >= 15 is 0 Å². The maximum Gasteiger partial charge on any atom is 0.256 e. The van der Waals surface area contributed by atoms with E-state index in [-0.39, 0.29) is 18.1 Å². The summed E-state index contributed by atoms with van der Waals surface area (Å²) in [7, 11) is 0. The van der Waals surface area contributed by atoms with Gasteiger partial charge in [-0.2, -0.15) is 0 Å². The molecule has 1 aromatic heterocycles. The Balaban J connectivity index is 1.98. The van der Waals surface area contributed by atoms with Crippen LogP contribution >= 0.6 is 0 Å². The van der Waals surface area contributed by atoms with E-state index in [2.05, 4.69) is 22.1 Å². The van der Waals surface area contributed by atoms with Crippen LogP contribution in [0.2, 0.25) is 0 Å². The SMILES string of the molecule is O=c1[nH]c(C2Cc3ccccc32)ncc1CO. The van der Waals surface area contributed by atoms with E-state index < -0.39 is 0 Å². The summed E-state index contributed by atoms with van der Waals surface area (Å²) in [6.07, 6.45) is 2.37. The number of fused-ring (bicyclic) bond motifs is 1. The Kier molecular flexibility index (Phi) is 2.30. The van der Waals surface area contributed by atoms with Gasteiger partial charge in [-0.3, -0.25) is 4.79 Å². The van der Waals surface area contributed by atoms with Gasteiger partial charge in [-0.15, -0.1) is 0 Å². The highest BCUT2D eigenvalue weighted by Crippen LogP contribution is 2.37. The zero-order chi connectivity index (χ0) is 11.8. The van der Waals surface area contributed by atoms with E-state index in [4.69, 9.17) is 5.11 Å². The summed E-state index contributed by atoms with van der Waals surface area (Å²) in [4.78, 5) is 18.5. The van der Waals surface area contributed by atoms with Crippen LogP contribution in [0.15, 0.2) is 35.3 Å². The van der Waals surface area contributed by atoms with Crippen LogP contribution in [0.1, 0.15) is 28.4 Å². The van der Waals surface area contributed by atoms with Gasteiger partial charge in [0.15, 0.2) is 0 Å². The minimum absolute atomic E-state index is 0.187. The molecule has 0 spiro atoms. The largest absolute Gasteiger partial charge is 0.391 e. The number of nitrogens with zero attached hydrogens (tertiary/aromatic N) is 1. The van der Waals surface area contributed by atoms with Crippen molar-refractivity contribution in [2.24, 2.45) is 0 Å². The monoisotopic (exact) mass is 228 g/mol. The number of aliphatic hydroxyl groups excluding tert-OH is 1. The van der Waals surface area contributed by atoms with Crippen molar-refractivity contribution in [3.8, 4) is 0 Å². The van der Waals surface area contributed by atoms with Crippen molar-refractivity contribution in [1.29, 1.82) is 0 Å². The van der Waals surface area contributed by atoms with Gasteiger partial charge in [0.1, 0.15) is 5.82 Å². The Bertz CT molecular complexity index is 619. The second-order valence-electron chi connectivity index (χ2n) is 4.24. The number of hydrogen-bond donors (Lipinski definition) is 2. The van der Waals surface area contributed by atoms with Crippen molar-refractivity contribution in [2.45, 2.75) is 18.9 Å². The lowest BCUT2D eigenvalue weighted by Gasteiger charge is -2.28. The number of aromatic amines is 1. The van der Waals surface area contributed by atoms with Crippen LogP contribution < -0.4 is 5.56 Å². The highest BCUT2D eigenvalue weighted by molar-refractivity contribution is 5.43. The predicted octanol–water partition coefficient (Wildman–Crippen LogP) is 0.950. The van der Waals surface area contributed by atoms with Crippen molar-refractivity contribution >= 4 is 0 Å². The van der Waals surface area contributed by atoms with Crippen molar-refractivity contribution in [3.63, 3.8) is 0 Å². The van der Waals surface area contributed by atoms with Crippen LogP contribution in [0.25, 0.3) is 0 Å². The molecule has 0 bridgehead atoms. The topological polar surface area (TPSA) is 66.0 Å². The zero-order valence-electron chi connectivity index (χ0n) is 9.18. The predicted molar refractivity (Wildman–Crippen MR) is 62.8 cm³/mol. The second kappa shape index (κ2) is 3.82. The normalized spacial score (nSPS) is 17.4. The average molecular weight is 228 g/mol. The first-order chi connectivity index (χ1) is 8.29. The van der Waals surface area contributed by atoms with Crippen LogP contribution in [-0.4, -0.2) is 15.1 Å². The van der Waals surface area contributed by atoms with Gasteiger partial charge >= 0.3 is 0 Å². The van der Waals surface area contributed by atoms with Crippen molar-refractivity contribution < 1.29 is 5.11 Å². The van der Waals surface area contributed by atoms with Gasteiger partial charge in [-0.05, 0) is 17.5 Å². The van der Waals surface area contributed by atoms with E-state index in [9.17, 15) is 4.79 Å². The fourth-order valence-electron chi connectivity index (χ4n) is 2.23. The first-order valence-electron chi connectivity index (χ1n) is 5.56. The molecule has 4 nitrogen and oxygen atoms in total. The molecule has 0 radical (unpaired) electrons. The fourth-order valence-corrected chi connectivity index (χ4v) is 2.23. The number of aromatic nitrogens is 2. The number of benzene rings is 1. The molecule has 17 heavy (non-hydrogen) atoms. The molecule has 1 heterocycles. The van der Waals surface area contributed by atoms with E-state index in [0.717, 1.165) is 6.42 Å². The molecule has 0 aliphatic heterocycles. The summed E-state index contributed by atoms with van der Waals surface area (Å²) in [6, 6.07) is 8.15. The van der Waals surface area contributed by atoms with Crippen LogP contribution in [-0.2, 0) is 13.0 Å². The lowest BCUT2D eigenvalue weighted by atomic mass is 9.77. The van der Waals surface area contributed by atoms with Gasteiger partial charge in [0.25, 0.3) is 5.56 Å². The number of nitrogens with one attached hydrogen (secondary N) is 1. The molecule has 2 aromatic rings. The summed E-state index contributed by atoms with van der Waals surface area (Å²) < 4.78 is 0. The number of hydrogen-bond acceptors (Lipinski definition) is 3. The number of rotatable bonds is 2. The van der Waals surface area contributed by atoms with Crippen LogP contribution in [0.5, 0.6) is 0 Å². The minimum Gasteiger partial charge on any atom is -0.391 e. The third kappa shape index (κ3) is 1.57. The minimum atomic E-state index is -0.274. The molecular formula is C13H12N2O2. The smallest absolute Gasteiger partial charge is 0.256 e. The van der Waals surface area contributed by atoms with Gasteiger partial charge in [0, 0.05) is 12.1 Å². The number of aliphatic hydroxyl groups is 1. The molecule has 3 rings (SSSR count). The highest BCUT2D eigenvalue weighted by atomic mass is 16.3. The summed E-state index contributed by atoms with van der Waals surface area (Å²) in [5, 5.41) is 8.92. The molecule has 1 aliphatic carbocycles. The summed E-state index contributed by atoms with van der Waals surface area (Å²) in [5.74, 6) is 0.873. The quantitative estimate of drug-likeness (QED) is 0.804. The molecule has 0 fully saturated rings. The molecular weight excluding hydrogens is 216 g/mol. The van der Waals surface area contributed by atoms with Crippen LogP contribution in [0, 0.1) is 0 Å². The standard InChI is InChI=1S/C13H12N2O2/c16-7-9-6-14-12(15-13(9)17)11-5-8-3-1-2-4-10(8)11/h1-4,6,11,16H,5,7H2,(H,14,15,17). The van der Waals surface area contributed by atoms with Crippen molar-refractivity contribution in [2.75, 3.05) is 0 Å². The van der Waals surface area contributed by atoms with Gasteiger partial charge in [0.05, 0.1) is 12.2 Å². The van der Waals surface area contributed by atoms with Gasteiger partial charge in [-0.1, -0.05) is 24.3 Å². The first-order valence-corrected chi connectivity index (χ1v) is 5.56. The Morgan fingerprint density at radius 3 is 2.94 bits per heavy atom. The molecule has 1 aromatic carbocycles. The second-order valence-corrected chi connectivity index (χ2v) is 4.24. The molecule has 4 heteroatoms. The van der Waals surface area contributed by atoms with Crippen molar-refractivity contribution in [1.82, 2.24) is 9.97 Å². The lowest BCUT2D eigenvalue weighted by Crippen LogP contribution is -2.24. The van der Waals surface area contributed by atoms with Gasteiger partial charge < -0.3 is 10.1 Å². The van der Waals surface area contributed by atoms with E-state index in [0.29, 0.717) is 11.4 Å². The van der Waals surface area contributed by atoms with Crippen molar-refractivity contribution in [3.05, 3.63) is 63.3 Å². The molecule has 86 valence electrons. The number of H-pyrrole nitrogens is 1. The lowest BCUT2D eigenvalue weighted by molar-refractivity contribution is 0.279. The first kappa shape index (κ1) is 10.2. The average Bonchev–Trinajstić information content (AvgIpc) is 2.31. The molecule has 1 atom stereocenters. The van der Waals surface area contributed by atoms with Crippen LogP contribution in [0.3, 0.4) is 0 Å². The Labute approximate surface area is 98.0 Å². The summed E-state index contributed by atoms with van der Waals surface area (Å²) in [5.41, 5.74) is 2.60. The Hall–Kier alpha value is -1.94. The third-order valence-electron chi connectivity index (χ3n) is 3.25.